The molecule has 2 saturated carbocycles. The maximum Gasteiger partial charge on any atom is 0.244 e. The molecule has 0 atom stereocenters. The Kier molecular flexibility index (Phi) is 7.49. The zero-order valence-electron chi connectivity index (χ0n) is 22.9. The Morgan fingerprint density at radius 3 is 2.24 bits per heavy atom. The van der Waals surface area contributed by atoms with Gasteiger partial charge in [-0.3, -0.25) is 14.6 Å². The summed E-state index contributed by atoms with van der Waals surface area (Å²) in [6.07, 6.45) is 16.6. The van der Waals surface area contributed by atoms with Gasteiger partial charge in [0.1, 0.15) is 5.82 Å². The quantitative estimate of drug-likeness (QED) is 0.495. The molecule has 3 fully saturated rings. The highest BCUT2D eigenvalue weighted by Gasteiger charge is 2.44. The number of nitrogens with zero attached hydrogens (tertiary/aromatic N) is 6. The second-order valence-electron chi connectivity index (χ2n) is 11.8. The van der Waals surface area contributed by atoms with Gasteiger partial charge in [0.2, 0.25) is 11.9 Å². The fourth-order valence-corrected chi connectivity index (χ4v) is 7.68. The van der Waals surface area contributed by atoms with Gasteiger partial charge >= 0.3 is 0 Å². The van der Waals surface area contributed by atoms with Gasteiger partial charge in [0.15, 0.2) is 5.82 Å². The first-order chi connectivity index (χ1) is 18.5. The van der Waals surface area contributed by atoms with E-state index >= 15 is 0 Å². The van der Waals surface area contributed by atoms with Gasteiger partial charge in [-0.25, -0.2) is 9.97 Å². The fourth-order valence-electron chi connectivity index (χ4n) is 6.60. The van der Waals surface area contributed by atoms with Crippen molar-refractivity contribution in [1.29, 1.82) is 0 Å². The molecule has 2 aromatic rings. The van der Waals surface area contributed by atoms with Crippen LogP contribution in [0.1, 0.15) is 78.1 Å². The van der Waals surface area contributed by atoms with Gasteiger partial charge in [0.25, 0.3) is 0 Å². The van der Waals surface area contributed by atoms with E-state index in [0.717, 1.165) is 55.8 Å². The topological polar surface area (TPSA) is 77.5 Å². The number of hydrogen-bond donors (Lipinski definition) is 1. The van der Waals surface area contributed by atoms with E-state index < -0.39 is 4.75 Å². The molecule has 0 unspecified atom stereocenters. The summed E-state index contributed by atoms with van der Waals surface area (Å²) in [7, 11) is 0. The van der Waals surface area contributed by atoms with Crippen LogP contribution in [-0.4, -0.2) is 68.8 Å². The standard InChI is InChI=1S/C29H41N7OS/c1-29(2)27(37)36(22-11-7-8-12-22)26-24(38-29)20-31-28(33-26)32-25-14-13-23(19-30-25)35-17-15-34(16-18-35)21-9-5-3-4-6-10-21/h13-14,19-22H,3-12,15-18H2,1-2H3,(H,30,31,32,33). The molecule has 0 bridgehead atoms. The average Bonchev–Trinajstić information content (AvgIpc) is 3.31. The van der Waals surface area contributed by atoms with E-state index in [1.165, 1.54) is 57.1 Å². The van der Waals surface area contributed by atoms with Crippen LogP contribution in [0, 0.1) is 0 Å². The average molecular weight is 536 g/mol. The largest absolute Gasteiger partial charge is 0.368 e. The maximum absolute atomic E-state index is 13.4. The molecule has 6 rings (SSSR count). The van der Waals surface area contributed by atoms with Crippen LogP contribution in [0.5, 0.6) is 0 Å². The smallest absolute Gasteiger partial charge is 0.244 e. The minimum atomic E-state index is -0.507. The summed E-state index contributed by atoms with van der Waals surface area (Å²) in [6.45, 7) is 8.38. The number of hydrogen-bond acceptors (Lipinski definition) is 8. The molecular weight excluding hydrogens is 494 g/mol. The Labute approximate surface area is 231 Å². The van der Waals surface area contributed by atoms with Gasteiger partial charge in [0, 0.05) is 44.5 Å². The summed E-state index contributed by atoms with van der Waals surface area (Å²) in [5.41, 5.74) is 1.17. The van der Waals surface area contributed by atoms with Crippen molar-refractivity contribution in [3.05, 3.63) is 24.5 Å². The Hall–Kier alpha value is -2.39. The first-order valence-corrected chi connectivity index (χ1v) is 15.4. The van der Waals surface area contributed by atoms with Gasteiger partial charge < -0.3 is 10.2 Å². The third-order valence-corrected chi connectivity index (χ3v) is 9.95. The zero-order chi connectivity index (χ0) is 26.1. The Morgan fingerprint density at radius 1 is 0.868 bits per heavy atom. The van der Waals surface area contributed by atoms with Gasteiger partial charge in [-0.15, -0.1) is 11.8 Å². The number of carbonyl (C=O) groups is 1. The molecule has 1 amide bonds. The molecule has 38 heavy (non-hydrogen) atoms. The van der Waals surface area contributed by atoms with Crippen molar-refractivity contribution in [2.75, 3.05) is 41.3 Å². The Morgan fingerprint density at radius 2 is 1.55 bits per heavy atom. The van der Waals surface area contributed by atoms with Crippen LogP contribution in [0.25, 0.3) is 0 Å². The molecule has 204 valence electrons. The number of carbonyl (C=O) groups excluding carboxylic acids is 1. The predicted octanol–water partition coefficient (Wildman–Crippen LogP) is 5.62. The Balaban J connectivity index is 1.11. The van der Waals surface area contributed by atoms with E-state index in [1.807, 2.05) is 37.2 Å². The lowest BCUT2D eigenvalue weighted by Crippen LogP contribution is -2.51. The number of aromatic nitrogens is 3. The number of nitrogens with one attached hydrogen (secondary N) is 1. The first kappa shape index (κ1) is 25.9. The second-order valence-corrected chi connectivity index (χ2v) is 13.5. The normalized spacial score (nSPS) is 23.4. The fraction of sp³-hybridized carbons (Fsp3) is 0.655. The summed E-state index contributed by atoms with van der Waals surface area (Å²) < 4.78 is -0.507. The third-order valence-electron chi connectivity index (χ3n) is 8.76. The maximum atomic E-state index is 13.4. The van der Waals surface area contributed by atoms with Crippen molar-refractivity contribution in [2.45, 2.75) is 99.8 Å². The van der Waals surface area contributed by atoms with Crippen molar-refractivity contribution < 1.29 is 4.79 Å². The number of anilines is 4. The molecule has 2 aromatic heterocycles. The van der Waals surface area contributed by atoms with Gasteiger partial charge in [-0.1, -0.05) is 38.5 Å². The second kappa shape index (κ2) is 11.0. The highest BCUT2D eigenvalue weighted by Crippen LogP contribution is 2.46. The van der Waals surface area contributed by atoms with Crippen LogP contribution in [0.2, 0.25) is 0 Å². The van der Waals surface area contributed by atoms with Crippen molar-refractivity contribution in [1.82, 2.24) is 19.9 Å². The lowest BCUT2D eigenvalue weighted by molar-refractivity contribution is -0.120. The number of amides is 1. The number of piperazine rings is 1. The number of pyridine rings is 1. The molecule has 0 radical (unpaired) electrons. The van der Waals surface area contributed by atoms with Gasteiger partial charge in [-0.2, -0.15) is 4.98 Å². The lowest BCUT2D eigenvalue weighted by atomic mass is 10.1. The van der Waals surface area contributed by atoms with Crippen molar-refractivity contribution in [2.24, 2.45) is 0 Å². The van der Waals surface area contributed by atoms with E-state index in [-0.39, 0.29) is 11.9 Å². The van der Waals surface area contributed by atoms with E-state index in [4.69, 9.17) is 4.98 Å². The SMILES string of the molecule is CC1(C)Sc2cnc(Nc3ccc(N4CCN(C5CCCCCC5)CC4)cn3)nc2N(C2CCCC2)C1=O. The number of rotatable bonds is 5. The lowest BCUT2D eigenvalue weighted by Gasteiger charge is -2.40. The van der Waals surface area contributed by atoms with Crippen molar-refractivity contribution in [3.8, 4) is 0 Å². The molecule has 9 heteroatoms. The summed E-state index contributed by atoms with van der Waals surface area (Å²) in [5, 5.41) is 3.28. The monoisotopic (exact) mass is 535 g/mol. The predicted molar refractivity (Wildman–Crippen MR) is 155 cm³/mol. The zero-order valence-corrected chi connectivity index (χ0v) is 23.7. The summed E-state index contributed by atoms with van der Waals surface area (Å²) in [4.78, 5) is 35.6. The van der Waals surface area contributed by atoms with Crippen LogP contribution in [-0.2, 0) is 4.79 Å². The summed E-state index contributed by atoms with van der Waals surface area (Å²) in [5.74, 6) is 2.09. The molecule has 4 heterocycles. The van der Waals surface area contributed by atoms with Crippen LogP contribution in [0.15, 0.2) is 29.4 Å². The van der Waals surface area contributed by atoms with Crippen LogP contribution >= 0.6 is 11.8 Å². The van der Waals surface area contributed by atoms with Crippen LogP contribution in [0.3, 0.4) is 0 Å². The number of fused-ring (bicyclic) bond motifs is 1. The number of thioether (sulfide) groups is 1. The summed E-state index contributed by atoms with van der Waals surface area (Å²) in [6, 6.07) is 5.16. The minimum absolute atomic E-state index is 0.146. The highest BCUT2D eigenvalue weighted by atomic mass is 32.2. The minimum Gasteiger partial charge on any atom is -0.368 e. The molecule has 8 nitrogen and oxygen atoms in total. The van der Waals surface area contributed by atoms with E-state index in [1.54, 1.807) is 11.8 Å². The summed E-state index contributed by atoms with van der Waals surface area (Å²) >= 11 is 1.56. The molecule has 1 N–H and O–H groups in total. The molecule has 0 spiro atoms. The van der Waals surface area contributed by atoms with Crippen LogP contribution < -0.4 is 15.1 Å². The van der Waals surface area contributed by atoms with Gasteiger partial charge in [0.05, 0.1) is 21.5 Å². The Bertz CT molecular complexity index is 1120. The van der Waals surface area contributed by atoms with E-state index in [0.29, 0.717) is 11.8 Å². The van der Waals surface area contributed by atoms with Gasteiger partial charge in [-0.05, 0) is 51.7 Å². The molecule has 4 aliphatic rings. The molecule has 1 saturated heterocycles. The highest BCUT2D eigenvalue weighted by molar-refractivity contribution is 8.01. The molecule has 2 aliphatic carbocycles. The van der Waals surface area contributed by atoms with E-state index in [2.05, 4.69) is 31.2 Å². The third kappa shape index (κ3) is 5.37. The van der Waals surface area contributed by atoms with Crippen molar-refractivity contribution >= 4 is 40.9 Å². The van der Waals surface area contributed by atoms with E-state index in [9.17, 15) is 4.79 Å². The molecular formula is C29H41N7OS. The van der Waals surface area contributed by atoms with Crippen LogP contribution in [0.4, 0.5) is 23.3 Å². The van der Waals surface area contributed by atoms with Crippen molar-refractivity contribution in [3.63, 3.8) is 0 Å². The first-order valence-electron chi connectivity index (χ1n) is 14.6. The molecule has 0 aromatic carbocycles. The molecule has 2 aliphatic heterocycles.